The van der Waals surface area contributed by atoms with Gasteiger partial charge in [0, 0.05) is 28.4 Å². The number of nitrogens with two attached hydrogens (primary N) is 1. The van der Waals surface area contributed by atoms with E-state index >= 15 is 0 Å². The van der Waals surface area contributed by atoms with Crippen molar-refractivity contribution in [3.05, 3.63) is 59.9 Å². The fraction of sp³-hybridized carbons (Fsp3) is 0.167. The van der Waals surface area contributed by atoms with Gasteiger partial charge in [-0.1, -0.05) is 25.1 Å². The summed E-state index contributed by atoms with van der Waals surface area (Å²) in [7, 11) is 0. The number of benzene rings is 2. The van der Waals surface area contributed by atoms with Gasteiger partial charge in [0.05, 0.1) is 0 Å². The zero-order valence-corrected chi connectivity index (χ0v) is 12.3. The van der Waals surface area contributed by atoms with E-state index in [2.05, 4.69) is 18.0 Å². The maximum absolute atomic E-state index is 6.14. The fourth-order valence-corrected chi connectivity index (χ4v) is 2.44. The van der Waals surface area contributed by atoms with Crippen molar-refractivity contribution in [3.63, 3.8) is 0 Å². The molecule has 1 aromatic heterocycles. The number of aryl methyl sites for hydroxylation is 2. The molecule has 0 amide bonds. The minimum absolute atomic E-state index is 0.716. The highest BCUT2D eigenvalue weighted by atomic mass is 16.5. The van der Waals surface area contributed by atoms with E-state index in [1.54, 1.807) is 6.20 Å². The van der Waals surface area contributed by atoms with Gasteiger partial charge in [0.15, 0.2) is 0 Å². The van der Waals surface area contributed by atoms with Gasteiger partial charge in [-0.05, 0) is 43.2 Å². The third-order valence-electron chi connectivity index (χ3n) is 3.60. The summed E-state index contributed by atoms with van der Waals surface area (Å²) in [6, 6.07) is 13.9. The van der Waals surface area contributed by atoms with Crippen LogP contribution in [-0.4, -0.2) is 4.98 Å². The molecule has 1 heterocycles. The van der Waals surface area contributed by atoms with Gasteiger partial charge >= 0.3 is 0 Å². The lowest BCUT2D eigenvalue weighted by molar-refractivity contribution is 0.482. The highest BCUT2D eigenvalue weighted by Gasteiger charge is 2.09. The lowest BCUT2D eigenvalue weighted by atomic mass is 10.1. The van der Waals surface area contributed by atoms with E-state index in [9.17, 15) is 0 Å². The summed E-state index contributed by atoms with van der Waals surface area (Å²) in [4.78, 5) is 4.31. The molecule has 2 aromatic carbocycles. The second kappa shape index (κ2) is 5.44. The average Bonchev–Trinajstić information content (AvgIpc) is 2.50. The summed E-state index contributed by atoms with van der Waals surface area (Å²) < 4.78 is 6.14. The number of nitrogen functional groups attached to an aromatic ring is 1. The van der Waals surface area contributed by atoms with Crippen LogP contribution >= 0.6 is 0 Å². The number of pyridine rings is 1. The first kappa shape index (κ1) is 13.4. The van der Waals surface area contributed by atoms with E-state index in [-0.39, 0.29) is 0 Å². The summed E-state index contributed by atoms with van der Waals surface area (Å²) in [6.07, 6.45) is 2.74. The Morgan fingerprint density at radius 1 is 1.05 bits per heavy atom. The number of fused-ring (bicyclic) bond motifs is 1. The van der Waals surface area contributed by atoms with Gasteiger partial charge in [-0.15, -0.1) is 0 Å². The normalized spacial score (nSPS) is 10.8. The zero-order valence-electron chi connectivity index (χ0n) is 12.3. The van der Waals surface area contributed by atoms with Crippen LogP contribution in [0.15, 0.2) is 48.7 Å². The number of aromatic nitrogens is 1. The standard InChI is InChI=1S/C18H18N2O/c1-3-13-6-4-5-7-17(13)21-18-9-8-16(19)15-11-20-12(2)10-14(15)18/h4-11H,3,19H2,1-2H3. The molecular weight excluding hydrogens is 260 g/mol. The van der Waals surface area contributed by atoms with Crippen molar-refractivity contribution in [1.82, 2.24) is 4.98 Å². The summed E-state index contributed by atoms with van der Waals surface area (Å²) in [5.74, 6) is 1.70. The van der Waals surface area contributed by atoms with Gasteiger partial charge < -0.3 is 10.5 Å². The molecule has 0 spiro atoms. The molecule has 21 heavy (non-hydrogen) atoms. The number of para-hydroxylation sites is 1. The van der Waals surface area contributed by atoms with E-state index in [1.807, 2.05) is 43.3 Å². The molecule has 0 unspecified atom stereocenters. The molecule has 0 aliphatic heterocycles. The minimum atomic E-state index is 0.716. The second-order valence-electron chi connectivity index (χ2n) is 5.09. The van der Waals surface area contributed by atoms with E-state index < -0.39 is 0 Å². The van der Waals surface area contributed by atoms with Crippen molar-refractivity contribution in [2.24, 2.45) is 0 Å². The molecule has 2 N–H and O–H groups in total. The summed E-state index contributed by atoms with van der Waals surface area (Å²) in [5.41, 5.74) is 8.88. The number of hydrogen-bond acceptors (Lipinski definition) is 3. The van der Waals surface area contributed by atoms with Gasteiger partial charge in [0.25, 0.3) is 0 Å². The van der Waals surface area contributed by atoms with Crippen molar-refractivity contribution < 1.29 is 4.74 Å². The number of nitrogens with zero attached hydrogens (tertiary/aromatic N) is 1. The largest absolute Gasteiger partial charge is 0.456 e. The molecule has 0 bridgehead atoms. The van der Waals surface area contributed by atoms with E-state index in [0.29, 0.717) is 5.69 Å². The number of ether oxygens (including phenoxy) is 1. The quantitative estimate of drug-likeness (QED) is 0.718. The number of rotatable bonds is 3. The summed E-state index contributed by atoms with van der Waals surface area (Å²) >= 11 is 0. The van der Waals surface area contributed by atoms with Gasteiger partial charge in [-0.25, -0.2) is 0 Å². The Balaban J connectivity index is 2.13. The molecule has 0 radical (unpaired) electrons. The van der Waals surface area contributed by atoms with Crippen molar-refractivity contribution in [3.8, 4) is 11.5 Å². The smallest absolute Gasteiger partial charge is 0.135 e. The molecule has 3 aromatic rings. The zero-order chi connectivity index (χ0) is 14.8. The van der Waals surface area contributed by atoms with Gasteiger partial charge in [0.2, 0.25) is 0 Å². The predicted molar refractivity (Wildman–Crippen MR) is 86.8 cm³/mol. The van der Waals surface area contributed by atoms with Crippen LogP contribution < -0.4 is 10.5 Å². The topological polar surface area (TPSA) is 48.1 Å². The lowest BCUT2D eigenvalue weighted by Crippen LogP contribution is -1.94. The monoisotopic (exact) mass is 278 g/mol. The Hall–Kier alpha value is -2.55. The van der Waals surface area contributed by atoms with Crippen molar-refractivity contribution in [2.75, 3.05) is 5.73 Å². The maximum Gasteiger partial charge on any atom is 0.135 e. The van der Waals surface area contributed by atoms with Crippen molar-refractivity contribution in [1.29, 1.82) is 0 Å². The van der Waals surface area contributed by atoms with Crippen molar-refractivity contribution >= 4 is 16.5 Å². The Morgan fingerprint density at radius 3 is 2.67 bits per heavy atom. The molecule has 0 aliphatic rings. The first-order chi connectivity index (χ1) is 10.2. The van der Waals surface area contributed by atoms with Crippen LogP contribution in [0.2, 0.25) is 0 Å². The van der Waals surface area contributed by atoms with Crippen molar-refractivity contribution in [2.45, 2.75) is 20.3 Å². The SMILES string of the molecule is CCc1ccccc1Oc1ccc(N)c2cnc(C)cc12. The van der Waals surface area contributed by atoms with E-state index in [1.165, 1.54) is 5.56 Å². The van der Waals surface area contributed by atoms with Crippen LogP contribution in [-0.2, 0) is 6.42 Å². The van der Waals surface area contributed by atoms with Crippen LogP contribution in [0.1, 0.15) is 18.2 Å². The molecule has 0 fully saturated rings. The molecule has 0 atom stereocenters. The molecular formula is C18H18N2O. The fourth-order valence-electron chi connectivity index (χ4n) is 2.44. The van der Waals surface area contributed by atoms with E-state index in [4.69, 9.17) is 10.5 Å². The molecule has 3 rings (SSSR count). The maximum atomic E-state index is 6.14. The Kier molecular flexibility index (Phi) is 3.48. The van der Waals surface area contributed by atoms with Crippen LogP contribution in [0.5, 0.6) is 11.5 Å². The Morgan fingerprint density at radius 2 is 1.86 bits per heavy atom. The molecule has 3 heteroatoms. The third kappa shape index (κ3) is 2.55. The molecule has 0 aliphatic carbocycles. The first-order valence-corrected chi connectivity index (χ1v) is 7.09. The minimum Gasteiger partial charge on any atom is -0.456 e. The highest BCUT2D eigenvalue weighted by Crippen LogP contribution is 2.34. The molecule has 0 saturated heterocycles. The first-order valence-electron chi connectivity index (χ1n) is 7.09. The number of anilines is 1. The Bertz CT molecular complexity index is 796. The molecule has 0 saturated carbocycles. The van der Waals surface area contributed by atoms with Crippen LogP contribution in [0, 0.1) is 6.92 Å². The highest BCUT2D eigenvalue weighted by molar-refractivity contribution is 5.96. The second-order valence-corrected chi connectivity index (χ2v) is 5.09. The van der Waals surface area contributed by atoms with Gasteiger partial charge in [-0.2, -0.15) is 0 Å². The van der Waals surface area contributed by atoms with Crippen LogP contribution in [0.3, 0.4) is 0 Å². The van der Waals surface area contributed by atoms with E-state index in [0.717, 1.165) is 34.4 Å². The average molecular weight is 278 g/mol. The summed E-state index contributed by atoms with van der Waals surface area (Å²) in [5, 5.41) is 1.92. The molecule has 3 nitrogen and oxygen atoms in total. The third-order valence-corrected chi connectivity index (χ3v) is 3.60. The number of hydrogen-bond donors (Lipinski definition) is 1. The lowest BCUT2D eigenvalue weighted by Gasteiger charge is -2.13. The predicted octanol–water partition coefficient (Wildman–Crippen LogP) is 4.48. The van der Waals surface area contributed by atoms with Crippen LogP contribution in [0.25, 0.3) is 10.8 Å². The van der Waals surface area contributed by atoms with Crippen LogP contribution in [0.4, 0.5) is 5.69 Å². The van der Waals surface area contributed by atoms with Gasteiger partial charge in [0.1, 0.15) is 11.5 Å². The Labute approximate surface area is 124 Å². The van der Waals surface area contributed by atoms with Gasteiger partial charge in [-0.3, -0.25) is 4.98 Å². The summed E-state index contributed by atoms with van der Waals surface area (Å²) in [6.45, 7) is 4.09. The molecule has 106 valence electrons.